The first-order chi connectivity index (χ1) is 8.66. The van der Waals surface area contributed by atoms with E-state index in [0.29, 0.717) is 5.65 Å². The largest absolute Gasteiger partial charge is 1.00 e. The number of aromatic amines is 1. The molecule has 0 saturated carbocycles. The molecule has 0 saturated heterocycles. The summed E-state index contributed by atoms with van der Waals surface area (Å²) < 4.78 is 3.65. The van der Waals surface area contributed by atoms with Crippen molar-refractivity contribution in [3.8, 4) is 11.3 Å². The van der Waals surface area contributed by atoms with Crippen molar-refractivity contribution in [2.45, 2.75) is 6.92 Å². The Kier molecular flexibility index (Phi) is 3.57. The summed E-state index contributed by atoms with van der Waals surface area (Å²) in [5.74, 6) is 0. The Balaban J connectivity index is 0.00000133. The van der Waals surface area contributed by atoms with Gasteiger partial charge in [0.1, 0.15) is 18.6 Å². The predicted octanol–water partition coefficient (Wildman–Crippen LogP) is -1.57. The molecular weight excluding hydrogens is 306 g/mol. The number of aryl methyl sites for hydroxylation is 2. The Bertz CT molecular complexity index is 789. The quantitative estimate of drug-likeness (QED) is 0.541. The topological polar surface area (TPSA) is 41.1 Å². The minimum atomic E-state index is -0.0803. The molecule has 1 N–H and O–H groups in total. The highest BCUT2D eigenvalue weighted by Crippen LogP contribution is 2.19. The van der Waals surface area contributed by atoms with E-state index in [1.165, 1.54) is 0 Å². The van der Waals surface area contributed by atoms with Gasteiger partial charge in [-0.3, -0.25) is 4.79 Å². The first-order valence-electron chi connectivity index (χ1n) is 5.82. The van der Waals surface area contributed by atoms with Crippen molar-refractivity contribution in [3.05, 3.63) is 58.8 Å². The van der Waals surface area contributed by atoms with Gasteiger partial charge in [0.05, 0.1) is 12.7 Å². The second-order valence-corrected chi connectivity index (χ2v) is 4.45. The number of benzene rings is 1. The third-order valence-electron chi connectivity index (χ3n) is 3.18. The Labute approximate surface area is 121 Å². The molecule has 0 bridgehead atoms. The van der Waals surface area contributed by atoms with Gasteiger partial charge in [-0.15, -0.1) is 0 Å². The molecule has 2 aromatic heterocycles. The number of hydrogen-bond donors (Lipinski definition) is 1. The predicted molar refractivity (Wildman–Crippen MR) is 69.4 cm³/mol. The van der Waals surface area contributed by atoms with E-state index in [-0.39, 0.29) is 22.5 Å². The number of imidazole rings is 1. The summed E-state index contributed by atoms with van der Waals surface area (Å²) in [5.41, 5.74) is 3.58. The highest BCUT2D eigenvalue weighted by molar-refractivity contribution is 5.63. The van der Waals surface area contributed by atoms with Gasteiger partial charge in [-0.1, -0.05) is 24.3 Å². The van der Waals surface area contributed by atoms with Crippen LogP contribution in [-0.2, 0) is 7.05 Å². The number of aromatic nitrogens is 3. The van der Waals surface area contributed by atoms with Gasteiger partial charge in [0.15, 0.2) is 0 Å². The van der Waals surface area contributed by atoms with Gasteiger partial charge in [-0.2, -0.15) is 4.40 Å². The number of halogens is 1. The maximum absolute atomic E-state index is 12.1. The second-order valence-electron chi connectivity index (χ2n) is 4.45. The molecule has 3 aromatic rings. The third kappa shape index (κ3) is 2.21. The van der Waals surface area contributed by atoms with Crippen LogP contribution in [0.3, 0.4) is 0 Å². The highest BCUT2D eigenvalue weighted by atomic mass is 79.9. The van der Waals surface area contributed by atoms with Crippen LogP contribution in [0.25, 0.3) is 16.9 Å². The average Bonchev–Trinajstić information content (AvgIpc) is 2.72. The summed E-state index contributed by atoms with van der Waals surface area (Å²) in [6, 6.07) is 8.01. The van der Waals surface area contributed by atoms with Crippen molar-refractivity contribution in [1.29, 1.82) is 0 Å². The van der Waals surface area contributed by atoms with Crippen LogP contribution in [0.4, 0.5) is 0 Å². The second kappa shape index (κ2) is 5.01. The summed E-state index contributed by atoms with van der Waals surface area (Å²) in [4.78, 5) is 15.0. The smallest absolute Gasteiger partial charge is 0.352 e. The third-order valence-corrected chi connectivity index (χ3v) is 3.18. The fourth-order valence-corrected chi connectivity index (χ4v) is 2.24. The minimum Gasteiger partial charge on any atom is -1.00 e. The number of nitrogens with zero attached hydrogens (tertiary/aromatic N) is 2. The molecule has 3 rings (SSSR count). The molecule has 1 aromatic carbocycles. The van der Waals surface area contributed by atoms with Gasteiger partial charge in [-0.25, -0.2) is 4.57 Å². The van der Waals surface area contributed by atoms with Crippen molar-refractivity contribution in [1.82, 2.24) is 9.38 Å². The maximum atomic E-state index is 12.1. The summed E-state index contributed by atoms with van der Waals surface area (Å²) >= 11 is 0. The molecule has 0 amide bonds. The van der Waals surface area contributed by atoms with Gasteiger partial charge < -0.3 is 22.0 Å². The minimum absolute atomic E-state index is 0. The van der Waals surface area contributed by atoms with E-state index in [1.54, 1.807) is 4.57 Å². The molecule has 0 spiro atoms. The lowest BCUT2D eigenvalue weighted by molar-refractivity contribution is -0.645. The highest BCUT2D eigenvalue weighted by Gasteiger charge is 2.14. The van der Waals surface area contributed by atoms with E-state index in [1.807, 2.05) is 61.2 Å². The fraction of sp³-hybridized carbons (Fsp3) is 0.143. The van der Waals surface area contributed by atoms with Crippen LogP contribution in [0, 0.1) is 6.92 Å². The van der Waals surface area contributed by atoms with E-state index in [2.05, 4.69) is 4.98 Å². The van der Waals surface area contributed by atoms with Gasteiger partial charge in [-0.05, 0) is 12.5 Å². The van der Waals surface area contributed by atoms with E-state index >= 15 is 0 Å². The zero-order valence-corrected chi connectivity index (χ0v) is 12.3. The van der Waals surface area contributed by atoms with Crippen LogP contribution in [-0.4, -0.2) is 9.38 Å². The monoisotopic (exact) mass is 319 g/mol. The Morgan fingerprint density at radius 1 is 1.26 bits per heavy atom. The normalized spacial score (nSPS) is 10.4. The molecule has 0 atom stereocenters. The van der Waals surface area contributed by atoms with Crippen molar-refractivity contribution in [2.24, 2.45) is 7.05 Å². The molecule has 4 nitrogen and oxygen atoms in total. The SMILES string of the molecule is Cc1ccccc1-c1cn2cc[n+](C)c2c(=O)[nH]1.[Br-]. The van der Waals surface area contributed by atoms with Gasteiger partial charge in [0.25, 0.3) is 0 Å². The Morgan fingerprint density at radius 3 is 2.74 bits per heavy atom. The molecule has 5 heteroatoms. The van der Waals surface area contributed by atoms with Crippen molar-refractivity contribution in [2.75, 3.05) is 0 Å². The van der Waals surface area contributed by atoms with Crippen molar-refractivity contribution in [3.63, 3.8) is 0 Å². The molecule has 0 aliphatic heterocycles. The van der Waals surface area contributed by atoms with E-state index < -0.39 is 0 Å². The molecule has 19 heavy (non-hydrogen) atoms. The first-order valence-corrected chi connectivity index (χ1v) is 5.82. The molecular formula is C14H14BrN3O. The number of nitrogens with one attached hydrogen (secondary N) is 1. The molecule has 0 radical (unpaired) electrons. The van der Waals surface area contributed by atoms with E-state index in [9.17, 15) is 4.79 Å². The molecule has 0 fully saturated rings. The summed E-state index contributed by atoms with van der Waals surface area (Å²) in [5, 5.41) is 0. The van der Waals surface area contributed by atoms with Crippen LogP contribution in [0.1, 0.15) is 5.56 Å². The van der Waals surface area contributed by atoms with Crippen LogP contribution >= 0.6 is 0 Å². The molecule has 0 aliphatic carbocycles. The van der Waals surface area contributed by atoms with Crippen LogP contribution < -0.4 is 27.1 Å². The number of hydrogen-bond acceptors (Lipinski definition) is 1. The molecule has 98 valence electrons. The lowest BCUT2D eigenvalue weighted by atomic mass is 10.1. The van der Waals surface area contributed by atoms with Crippen molar-refractivity contribution < 1.29 is 21.5 Å². The Hall–Kier alpha value is -1.88. The van der Waals surface area contributed by atoms with E-state index in [0.717, 1.165) is 16.8 Å². The van der Waals surface area contributed by atoms with Crippen LogP contribution in [0.2, 0.25) is 0 Å². The average molecular weight is 320 g/mol. The zero-order chi connectivity index (χ0) is 12.7. The lowest BCUT2D eigenvalue weighted by Crippen LogP contribution is -3.00. The molecule has 2 heterocycles. The number of rotatable bonds is 1. The molecule has 0 aliphatic rings. The maximum Gasteiger partial charge on any atom is 0.352 e. The van der Waals surface area contributed by atoms with Gasteiger partial charge in [0, 0.05) is 5.56 Å². The number of H-pyrrole nitrogens is 1. The fourth-order valence-electron chi connectivity index (χ4n) is 2.24. The van der Waals surface area contributed by atoms with Crippen LogP contribution in [0.15, 0.2) is 47.7 Å². The first kappa shape index (κ1) is 13.5. The summed E-state index contributed by atoms with van der Waals surface area (Å²) in [6.45, 7) is 2.04. The van der Waals surface area contributed by atoms with Crippen molar-refractivity contribution >= 4 is 5.65 Å². The van der Waals surface area contributed by atoms with E-state index in [4.69, 9.17) is 0 Å². The summed E-state index contributed by atoms with van der Waals surface area (Å²) in [6.07, 6.45) is 5.69. The van der Waals surface area contributed by atoms with Gasteiger partial charge in [0.2, 0.25) is 0 Å². The number of fused-ring (bicyclic) bond motifs is 1. The summed E-state index contributed by atoms with van der Waals surface area (Å²) in [7, 11) is 1.86. The molecule has 0 unspecified atom stereocenters. The van der Waals surface area contributed by atoms with Gasteiger partial charge >= 0.3 is 11.2 Å². The lowest BCUT2D eigenvalue weighted by Gasteiger charge is -2.03. The Morgan fingerprint density at radius 2 is 2.00 bits per heavy atom. The standard InChI is InChI=1S/C14H13N3O.BrH/c1-10-5-3-4-6-11(10)12-9-17-8-7-16(2)14(17)13(18)15-12;/h3-9H,1-2H3;1H. The zero-order valence-electron chi connectivity index (χ0n) is 10.7. The van der Waals surface area contributed by atoms with Crippen LogP contribution in [0.5, 0.6) is 0 Å².